The van der Waals surface area contributed by atoms with Gasteiger partial charge in [-0.3, -0.25) is 4.55 Å². The Balaban J connectivity index is 3.99. The fraction of sp³-hybridized carbons (Fsp3) is 1.00. The highest BCUT2D eigenvalue weighted by Crippen LogP contribution is 2.12. The molecule has 0 spiro atoms. The van der Waals surface area contributed by atoms with Crippen LogP contribution in [0, 0.1) is 0 Å². The average molecular weight is 209 g/mol. The van der Waals surface area contributed by atoms with E-state index in [-0.39, 0.29) is 0 Å². The van der Waals surface area contributed by atoms with E-state index >= 15 is 0 Å². The molecule has 0 rings (SSSR count). The van der Waals surface area contributed by atoms with Crippen molar-refractivity contribution in [3.63, 3.8) is 0 Å². The zero-order valence-corrected chi connectivity index (χ0v) is 7.07. The molecule has 0 aliphatic heterocycles. The lowest BCUT2D eigenvalue weighted by Gasteiger charge is -2.05. The van der Waals surface area contributed by atoms with Gasteiger partial charge < -0.3 is 5.11 Å². The van der Waals surface area contributed by atoms with Gasteiger partial charge in [-0.2, -0.15) is 8.42 Å². The number of hydrogen-bond donors (Lipinski definition) is 2. The molecule has 1 unspecified atom stereocenters. The van der Waals surface area contributed by atoms with Crippen molar-refractivity contribution in [1.82, 2.24) is 0 Å². The lowest BCUT2D eigenvalue weighted by atomic mass is 10.5. The summed E-state index contributed by atoms with van der Waals surface area (Å²) < 4.78 is 28.2. The Hall–Kier alpha value is 0.450. The first kappa shape index (κ1) is 10.4. The van der Waals surface area contributed by atoms with Crippen molar-refractivity contribution >= 4 is 33.3 Å². The summed E-state index contributed by atoms with van der Waals surface area (Å²) in [6, 6.07) is 0. The minimum Gasteiger partial charge on any atom is -0.375 e. The predicted molar refractivity (Wildman–Crippen MR) is 37.7 cm³/mol. The second-order valence-electron chi connectivity index (χ2n) is 1.60. The van der Waals surface area contributed by atoms with E-state index in [1.165, 1.54) is 0 Å². The van der Waals surface area contributed by atoms with Crippen molar-refractivity contribution in [3.8, 4) is 0 Å². The van der Waals surface area contributed by atoms with Gasteiger partial charge in [0.05, 0.1) is 0 Å². The molecular weight excluding hydrogens is 203 g/mol. The number of halogens is 2. The number of aliphatic hydroxyl groups excluding tert-OH is 1. The summed E-state index contributed by atoms with van der Waals surface area (Å²) in [4.78, 5) is -1.00. The minimum absolute atomic E-state index is 0.401. The van der Waals surface area contributed by atoms with Crippen molar-refractivity contribution < 1.29 is 18.1 Å². The fourth-order valence-electron chi connectivity index (χ4n) is 0.274. The standard InChI is InChI=1S/C3H6Cl2O4S/c4-2(5)1-3(6)10(7,8)9/h2-3,6H,1H2,(H,7,8,9). The molecule has 4 nitrogen and oxygen atoms in total. The molecule has 62 valence electrons. The lowest BCUT2D eigenvalue weighted by molar-refractivity contribution is 0.228. The molecular formula is C3H6Cl2O4S. The Morgan fingerprint density at radius 2 is 1.80 bits per heavy atom. The molecule has 0 fully saturated rings. The van der Waals surface area contributed by atoms with Crippen molar-refractivity contribution in [2.75, 3.05) is 0 Å². The summed E-state index contributed by atoms with van der Waals surface area (Å²) in [6.45, 7) is 0. The molecule has 0 radical (unpaired) electrons. The highest BCUT2D eigenvalue weighted by Gasteiger charge is 2.21. The van der Waals surface area contributed by atoms with Gasteiger partial charge in [-0.05, 0) is 0 Å². The predicted octanol–water partition coefficient (Wildman–Crippen LogP) is 0.386. The van der Waals surface area contributed by atoms with Crippen LogP contribution in [0.2, 0.25) is 0 Å². The molecule has 0 heterocycles. The van der Waals surface area contributed by atoms with E-state index in [1.807, 2.05) is 0 Å². The molecule has 1 atom stereocenters. The van der Waals surface area contributed by atoms with Crippen molar-refractivity contribution in [1.29, 1.82) is 0 Å². The molecule has 0 amide bonds. The Labute approximate surface area is 68.5 Å². The van der Waals surface area contributed by atoms with E-state index in [0.29, 0.717) is 0 Å². The van der Waals surface area contributed by atoms with Crippen molar-refractivity contribution in [2.24, 2.45) is 0 Å². The first-order valence-electron chi connectivity index (χ1n) is 2.26. The molecule has 0 bridgehead atoms. The SMILES string of the molecule is O=S(=O)(O)C(O)CC(Cl)Cl. The van der Waals surface area contributed by atoms with Gasteiger partial charge in [0, 0.05) is 6.42 Å². The Morgan fingerprint density at radius 1 is 1.40 bits per heavy atom. The van der Waals surface area contributed by atoms with E-state index in [0.717, 1.165) is 0 Å². The number of alkyl halides is 2. The van der Waals surface area contributed by atoms with Gasteiger partial charge in [-0.1, -0.05) is 0 Å². The molecule has 0 saturated heterocycles. The summed E-state index contributed by atoms with van der Waals surface area (Å²) in [5.41, 5.74) is -1.90. The van der Waals surface area contributed by atoms with E-state index in [9.17, 15) is 8.42 Å². The Morgan fingerprint density at radius 3 is 1.90 bits per heavy atom. The van der Waals surface area contributed by atoms with E-state index in [2.05, 4.69) is 0 Å². The lowest BCUT2D eigenvalue weighted by Crippen LogP contribution is -2.21. The van der Waals surface area contributed by atoms with Gasteiger partial charge >= 0.3 is 0 Å². The molecule has 0 aliphatic rings. The van der Waals surface area contributed by atoms with Crippen LogP contribution in [-0.4, -0.2) is 28.3 Å². The van der Waals surface area contributed by atoms with E-state index in [1.54, 1.807) is 0 Å². The highest BCUT2D eigenvalue weighted by atomic mass is 35.5. The van der Waals surface area contributed by atoms with Crippen LogP contribution in [0.15, 0.2) is 0 Å². The zero-order chi connectivity index (χ0) is 8.36. The second kappa shape index (κ2) is 3.73. The quantitative estimate of drug-likeness (QED) is 0.520. The van der Waals surface area contributed by atoms with Crippen LogP contribution >= 0.6 is 23.2 Å². The molecule has 0 aromatic carbocycles. The second-order valence-corrected chi connectivity index (χ2v) is 4.45. The largest absolute Gasteiger partial charge is 0.375 e. The zero-order valence-electron chi connectivity index (χ0n) is 4.74. The third kappa shape index (κ3) is 4.29. The molecule has 0 saturated carbocycles. The van der Waals surface area contributed by atoms with Gasteiger partial charge in [0.1, 0.15) is 4.84 Å². The van der Waals surface area contributed by atoms with Crippen LogP contribution in [0.1, 0.15) is 6.42 Å². The maximum Gasteiger partial charge on any atom is 0.292 e. The first-order chi connectivity index (χ1) is 4.34. The summed E-state index contributed by atoms with van der Waals surface area (Å²) in [7, 11) is -4.41. The maximum absolute atomic E-state index is 10.1. The van der Waals surface area contributed by atoms with Crippen LogP contribution in [-0.2, 0) is 10.1 Å². The van der Waals surface area contributed by atoms with Crippen LogP contribution in [0.25, 0.3) is 0 Å². The average Bonchev–Trinajstić information content (AvgIpc) is 1.60. The molecule has 7 heteroatoms. The number of aliphatic hydroxyl groups is 1. The molecule has 10 heavy (non-hydrogen) atoms. The highest BCUT2D eigenvalue weighted by molar-refractivity contribution is 7.86. The van der Waals surface area contributed by atoms with Crippen molar-refractivity contribution in [3.05, 3.63) is 0 Å². The molecule has 0 aliphatic carbocycles. The maximum atomic E-state index is 10.1. The van der Waals surface area contributed by atoms with Gasteiger partial charge in [-0.25, -0.2) is 0 Å². The normalized spacial score (nSPS) is 15.7. The fourth-order valence-corrected chi connectivity index (χ4v) is 1.26. The number of hydrogen-bond acceptors (Lipinski definition) is 3. The molecule has 0 aromatic heterocycles. The monoisotopic (exact) mass is 208 g/mol. The molecule has 0 aromatic rings. The van der Waals surface area contributed by atoms with Gasteiger partial charge in [-0.15, -0.1) is 23.2 Å². The summed E-state index contributed by atoms with van der Waals surface area (Å²) >= 11 is 10.2. The van der Waals surface area contributed by atoms with Crippen LogP contribution in [0.4, 0.5) is 0 Å². The van der Waals surface area contributed by atoms with E-state index in [4.69, 9.17) is 32.9 Å². The van der Waals surface area contributed by atoms with E-state index < -0.39 is 26.8 Å². The summed E-state index contributed by atoms with van der Waals surface area (Å²) in [6.07, 6.45) is -0.401. The van der Waals surface area contributed by atoms with Crippen LogP contribution in [0.5, 0.6) is 0 Å². The topological polar surface area (TPSA) is 74.6 Å². The minimum atomic E-state index is -4.41. The van der Waals surface area contributed by atoms with Gasteiger partial charge in [0.15, 0.2) is 5.44 Å². The smallest absolute Gasteiger partial charge is 0.292 e. The van der Waals surface area contributed by atoms with Crippen molar-refractivity contribution in [2.45, 2.75) is 16.7 Å². The molecule has 2 N–H and O–H groups in total. The summed E-state index contributed by atoms with van der Waals surface area (Å²) in [5.74, 6) is 0. The summed E-state index contributed by atoms with van der Waals surface area (Å²) in [5, 5.41) is 8.55. The number of rotatable bonds is 3. The Kier molecular flexibility index (Phi) is 3.90. The Bertz CT molecular complexity index is 187. The van der Waals surface area contributed by atoms with Crippen LogP contribution in [0.3, 0.4) is 0 Å². The third-order valence-corrected chi connectivity index (χ3v) is 1.96. The van der Waals surface area contributed by atoms with Gasteiger partial charge in [0.2, 0.25) is 0 Å². The third-order valence-electron chi connectivity index (χ3n) is 0.724. The van der Waals surface area contributed by atoms with Gasteiger partial charge in [0.25, 0.3) is 10.1 Å². The van der Waals surface area contributed by atoms with Crippen LogP contribution < -0.4 is 0 Å². The first-order valence-corrected chi connectivity index (χ1v) is 4.64.